The van der Waals surface area contributed by atoms with Gasteiger partial charge in [-0.3, -0.25) is 4.68 Å². The topological polar surface area (TPSA) is 29.9 Å². The normalized spacial score (nSPS) is 19.5. The Labute approximate surface area is 109 Å². The second-order valence-corrected chi connectivity index (χ2v) is 5.46. The Hall–Kier alpha value is -0.540. The molecule has 0 aliphatic heterocycles. The van der Waals surface area contributed by atoms with Crippen molar-refractivity contribution in [2.75, 3.05) is 7.05 Å². The van der Waals surface area contributed by atoms with Crippen LogP contribution in [-0.4, -0.2) is 22.9 Å². The first-order chi connectivity index (χ1) is 8.22. The van der Waals surface area contributed by atoms with Crippen LogP contribution in [0.25, 0.3) is 0 Å². The fourth-order valence-corrected chi connectivity index (χ4v) is 2.95. The van der Waals surface area contributed by atoms with E-state index in [4.69, 9.17) is 11.6 Å². The number of nitrogens with one attached hydrogen (secondary N) is 1. The Bertz CT molecular complexity index is 356. The maximum absolute atomic E-state index is 6.04. The molecule has 0 saturated heterocycles. The molecule has 4 heteroatoms. The molecule has 2 rings (SSSR count). The molecule has 1 N–H and O–H groups in total. The Kier molecular flexibility index (Phi) is 4.46. The van der Waals surface area contributed by atoms with Gasteiger partial charge < -0.3 is 5.32 Å². The molecule has 1 unspecified atom stereocenters. The third-order valence-electron chi connectivity index (χ3n) is 4.00. The van der Waals surface area contributed by atoms with E-state index in [0.717, 1.165) is 23.2 Å². The zero-order valence-electron chi connectivity index (χ0n) is 10.7. The molecule has 96 valence electrons. The smallest absolute Gasteiger partial charge is 0.0814 e. The molecule has 1 aliphatic carbocycles. The van der Waals surface area contributed by atoms with Gasteiger partial charge in [0.1, 0.15) is 0 Å². The summed E-state index contributed by atoms with van der Waals surface area (Å²) in [5.41, 5.74) is 1.07. The van der Waals surface area contributed by atoms with E-state index in [1.54, 1.807) is 6.20 Å². The highest BCUT2D eigenvalue weighted by atomic mass is 35.5. The number of halogens is 1. The molecule has 1 aromatic rings. The van der Waals surface area contributed by atoms with E-state index in [0.29, 0.717) is 6.04 Å². The summed E-state index contributed by atoms with van der Waals surface area (Å²) in [5.74, 6) is 0.788. The summed E-state index contributed by atoms with van der Waals surface area (Å²) in [5, 5.41) is 8.56. The molecule has 0 bridgehead atoms. The molecular formula is C13H22ClN3. The summed E-state index contributed by atoms with van der Waals surface area (Å²) in [6, 6.07) is 0.518. The second kappa shape index (κ2) is 5.87. The Morgan fingerprint density at radius 2 is 2.18 bits per heavy atom. The maximum atomic E-state index is 6.04. The molecule has 1 aliphatic rings. The summed E-state index contributed by atoms with van der Waals surface area (Å²) in [6.07, 6.45) is 8.59. The van der Waals surface area contributed by atoms with Gasteiger partial charge in [0.2, 0.25) is 0 Å². The molecule has 1 aromatic heterocycles. The minimum atomic E-state index is 0.518. The zero-order chi connectivity index (χ0) is 12.3. The van der Waals surface area contributed by atoms with Gasteiger partial charge in [-0.25, -0.2) is 0 Å². The Morgan fingerprint density at radius 3 is 2.71 bits per heavy atom. The maximum Gasteiger partial charge on any atom is 0.0814 e. The van der Waals surface area contributed by atoms with Crippen LogP contribution in [-0.2, 0) is 6.54 Å². The number of hydrogen-bond acceptors (Lipinski definition) is 2. The van der Waals surface area contributed by atoms with Crippen molar-refractivity contribution in [3.05, 3.63) is 16.9 Å². The van der Waals surface area contributed by atoms with Gasteiger partial charge >= 0.3 is 0 Å². The summed E-state index contributed by atoms with van der Waals surface area (Å²) >= 11 is 6.04. The SMILES string of the molecule is CNC(Cn1ncc(Cl)c1C)C1CCCCC1. The van der Waals surface area contributed by atoms with Gasteiger partial charge in [-0.2, -0.15) is 5.10 Å². The van der Waals surface area contributed by atoms with Gasteiger partial charge in [0, 0.05) is 6.04 Å². The van der Waals surface area contributed by atoms with Crippen molar-refractivity contribution in [2.45, 2.75) is 51.6 Å². The van der Waals surface area contributed by atoms with Crippen LogP contribution in [0, 0.1) is 12.8 Å². The second-order valence-electron chi connectivity index (χ2n) is 5.05. The molecule has 1 heterocycles. The van der Waals surface area contributed by atoms with Gasteiger partial charge in [-0.05, 0) is 32.7 Å². The van der Waals surface area contributed by atoms with Crippen molar-refractivity contribution < 1.29 is 0 Å². The number of rotatable bonds is 4. The van der Waals surface area contributed by atoms with Crippen molar-refractivity contribution in [2.24, 2.45) is 5.92 Å². The first-order valence-corrected chi connectivity index (χ1v) is 6.95. The Morgan fingerprint density at radius 1 is 1.47 bits per heavy atom. The quantitative estimate of drug-likeness (QED) is 0.896. The van der Waals surface area contributed by atoms with Crippen LogP contribution in [0.3, 0.4) is 0 Å². The van der Waals surface area contributed by atoms with Gasteiger partial charge in [0.05, 0.1) is 23.5 Å². The molecular weight excluding hydrogens is 234 g/mol. The first-order valence-electron chi connectivity index (χ1n) is 6.57. The third-order valence-corrected chi connectivity index (χ3v) is 4.37. The molecule has 1 atom stereocenters. The van der Waals surface area contributed by atoms with Crippen molar-refractivity contribution >= 4 is 11.6 Å². The van der Waals surface area contributed by atoms with E-state index in [1.165, 1.54) is 32.1 Å². The average Bonchev–Trinajstić information content (AvgIpc) is 2.68. The lowest BCUT2D eigenvalue weighted by Crippen LogP contribution is -2.38. The van der Waals surface area contributed by atoms with Crippen LogP contribution < -0.4 is 5.32 Å². The van der Waals surface area contributed by atoms with E-state index < -0.39 is 0 Å². The lowest BCUT2D eigenvalue weighted by molar-refractivity contribution is 0.251. The number of nitrogens with zero attached hydrogens (tertiary/aromatic N) is 2. The summed E-state index contributed by atoms with van der Waals surface area (Å²) in [4.78, 5) is 0. The van der Waals surface area contributed by atoms with Crippen LogP contribution in [0.1, 0.15) is 37.8 Å². The first kappa shape index (κ1) is 12.9. The highest BCUT2D eigenvalue weighted by Gasteiger charge is 2.23. The van der Waals surface area contributed by atoms with Crippen molar-refractivity contribution in [1.82, 2.24) is 15.1 Å². The fourth-order valence-electron chi connectivity index (χ4n) is 2.81. The van der Waals surface area contributed by atoms with E-state index in [9.17, 15) is 0 Å². The lowest BCUT2D eigenvalue weighted by Gasteiger charge is -2.30. The molecule has 1 fully saturated rings. The van der Waals surface area contributed by atoms with E-state index in [-0.39, 0.29) is 0 Å². The monoisotopic (exact) mass is 255 g/mol. The van der Waals surface area contributed by atoms with Crippen molar-refractivity contribution in [1.29, 1.82) is 0 Å². The zero-order valence-corrected chi connectivity index (χ0v) is 11.5. The van der Waals surface area contributed by atoms with Gasteiger partial charge in [-0.15, -0.1) is 0 Å². The highest BCUT2D eigenvalue weighted by Crippen LogP contribution is 2.27. The summed E-state index contributed by atoms with van der Waals surface area (Å²) < 4.78 is 2.03. The predicted molar refractivity (Wildman–Crippen MR) is 71.4 cm³/mol. The largest absolute Gasteiger partial charge is 0.315 e. The number of aromatic nitrogens is 2. The van der Waals surface area contributed by atoms with E-state index in [1.807, 2.05) is 11.6 Å². The van der Waals surface area contributed by atoms with Gasteiger partial charge in [0.15, 0.2) is 0 Å². The summed E-state index contributed by atoms with van der Waals surface area (Å²) in [7, 11) is 2.06. The van der Waals surface area contributed by atoms with Crippen LogP contribution in [0.4, 0.5) is 0 Å². The van der Waals surface area contributed by atoms with E-state index in [2.05, 4.69) is 17.5 Å². The molecule has 0 amide bonds. The van der Waals surface area contributed by atoms with Crippen molar-refractivity contribution in [3.8, 4) is 0 Å². The Balaban J connectivity index is 2.01. The number of hydrogen-bond donors (Lipinski definition) is 1. The minimum absolute atomic E-state index is 0.518. The minimum Gasteiger partial charge on any atom is -0.315 e. The van der Waals surface area contributed by atoms with Crippen LogP contribution >= 0.6 is 11.6 Å². The average molecular weight is 256 g/mol. The van der Waals surface area contributed by atoms with E-state index >= 15 is 0 Å². The van der Waals surface area contributed by atoms with Gasteiger partial charge in [0.25, 0.3) is 0 Å². The molecule has 3 nitrogen and oxygen atoms in total. The highest BCUT2D eigenvalue weighted by molar-refractivity contribution is 6.31. The molecule has 0 spiro atoms. The standard InChI is InChI=1S/C13H22ClN3/c1-10-12(14)8-16-17(10)9-13(15-2)11-6-4-3-5-7-11/h8,11,13,15H,3-7,9H2,1-2H3. The number of likely N-dealkylation sites (N-methyl/N-ethyl adjacent to an activating group) is 1. The fraction of sp³-hybridized carbons (Fsp3) is 0.769. The molecule has 17 heavy (non-hydrogen) atoms. The van der Waals surface area contributed by atoms with Gasteiger partial charge in [-0.1, -0.05) is 30.9 Å². The molecule has 0 radical (unpaired) electrons. The van der Waals surface area contributed by atoms with Crippen LogP contribution in [0.15, 0.2) is 6.20 Å². The molecule has 0 aromatic carbocycles. The van der Waals surface area contributed by atoms with Crippen LogP contribution in [0.5, 0.6) is 0 Å². The predicted octanol–water partition coefficient (Wildman–Crippen LogP) is 3.01. The summed E-state index contributed by atoms with van der Waals surface area (Å²) in [6.45, 7) is 2.96. The lowest BCUT2D eigenvalue weighted by atomic mass is 9.84. The molecule has 1 saturated carbocycles. The van der Waals surface area contributed by atoms with Crippen molar-refractivity contribution in [3.63, 3.8) is 0 Å². The van der Waals surface area contributed by atoms with Crippen LogP contribution in [0.2, 0.25) is 5.02 Å². The third kappa shape index (κ3) is 3.02.